The Labute approximate surface area is 97.0 Å². The summed E-state index contributed by atoms with van der Waals surface area (Å²) in [5, 5.41) is 3.72. The van der Waals surface area contributed by atoms with Crippen LogP contribution in [0, 0.1) is 5.41 Å². The first-order valence-electron chi connectivity index (χ1n) is 6.85. The minimum Gasteiger partial charge on any atom is -0.313 e. The molecular formula is C14H31N. The highest BCUT2D eigenvalue weighted by Gasteiger charge is 2.21. The molecule has 0 aromatic carbocycles. The maximum Gasteiger partial charge on any atom is 0.00620 e. The monoisotopic (exact) mass is 213 g/mol. The lowest BCUT2D eigenvalue weighted by Crippen LogP contribution is -2.37. The van der Waals surface area contributed by atoms with Gasteiger partial charge in [-0.2, -0.15) is 0 Å². The summed E-state index contributed by atoms with van der Waals surface area (Å²) >= 11 is 0. The molecule has 15 heavy (non-hydrogen) atoms. The van der Waals surface area contributed by atoms with E-state index in [1.54, 1.807) is 0 Å². The molecule has 0 spiro atoms. The standard InChI is InChI=1S/C14H31N/c1-6-10-11-14(5,9-4)12-15-13(7-2)8-3/h13,15H,6-12H2,1-5H3. The van der Waals surface area contributed by atoms with Crippen LogP contribution < -0.4 is 5.32 Å². The van der Waals surface area contributed by atoms with Gasteiger partial charge in [0.25, 0.3) is 0 Å². The van der Waals surface area contributed by atoms with E-state index in [1.807, 2.05) is 0 Å². The third-order valence-corrected chi connectivity index (χ3v) is 3.79. The number of hydrogen-bond donors (Lipinski definition) is 1. The Morgan fingerprint density at radius 3 is 2.07 bits per heavy atom. The Balaban J connectivity index is 3.95. The molecule has 0 aliphatic carbocycles. The molecule has 0 saturated heterocycles. The predicted molar refractivity (Wildman–Crippen MR) is 70.3 cm³/mol. The Bertz CT molecular complexity index is 140. The summed E-state index contributed by atoms with van der Waals surface area (Å²) in [6, 6.07) is 0.720. The third kappa shape index (κ3) is 6.19. The van der Waals surface area contributed by atoms with E-state index >= 15 is 0 Å². The van der Waals surface area contributed by atoms with E-state index < -0.39 is 0 Å². The van der Waals surface area contributed by atoms with Crippen molar-refractivity contribution in [3.63, 3.8) is 0 Å². The van der Waals surface area contributed by atoms with E-state index in [2.05, 4.69) is 39.9 Å². The molecule has 0 bridgehead atoms. The maximum atomic E-state index is 3.72. The first kappa shape index (κ1) is 15.0. The summed E-state index contributed by atoms with van der Waals surface area (Å²) in [5.74, 6) is 0. The van der Waals surface area contributed by atoms with Crippen LogP contribution in [0.15, 0.2) is 0 Å². The highest BCUT2D eigenvalue weighted by atomic mass is 14.9. The van der Waals surface area contributed by atoms with Crippen LogP contribution in [0.2, 0.25) is 0 Å². The Morgan fingerprint density at radius 1 is 1.07 bits per heavy atom. The molecule has 0 aromatic rings. The molecular weight excluding hydrogens is 182 g/mol. The summed E-state index contributed by atoms with van der Waals surface area (Å²) < 4.78 is 0. The summed E-state index contributed by atoms with van der Waals surface area (Å²) in [4.78, 5) is 0. The molecule has 1 nitrogen and oxygen atoms in total. The zero-order valence-electron chi connectivity index (χ0n) is 11.5. The molecule has 1 N–H and O–H groups in total. The fourth-order valence-corrected chi connectivity index (χ4v) is 1.96. The van der Waals surface area contributed by atoms with Gasteiger partial charge in [0.2, 0.25) is 0 Å². The predicted octanol–water partition coefficient (Wildman–Crippen LogP) is 4.37. The van der Waals surface area contributed by atoms with E-state index in [-0.39, 0.29) is 0 Å². The van der Waals surface area contributed by atoms with Gasteiger partial charge in [-0.25, -0.2) is 0 Å². The second kappa shape index (κ2) is 8.15. The Morgan fingerprint density at radius 2 is 1.67 bits per heavy atom. The zero-order chi connectivity index (χ0) is 11.7. The normalized spacial score (nSPS) is 15.6. The van der Waals surface area contributed by atoms with Gasteiger partial charge in [0.15, 0.2) is 0 Å². The van der Waals surface area contributed by atoms with Crippen molar-refractivity contribution in [1.82, 2.24) is 5.32 Å². The van der Waals surface area contributed by atoms with E-state index in [0.717, 1.165) is 6.04 Å². The van der Waals surface area contributed by atoms with Gasteiger partial charge in [0.05, 0.1) is 0 Å². The molecule has 0 heterocycles. The van der Waals surface area contributed by atoms with Crippen molar-refractivity contribution in [2.75, 3.05) is 6.54 Å². The summed E-state index contributed by atoms with van der Waals surface area (Å²) in [5.41, 5.74) is 0.512. The van der Waals surface area contributed by atoms with E-state index in [1.165, 1.54) is 45.1 Å². The van der Waals surface area contributed by atoms with E-state index in [0.29, 0.717) is 5.41 Å². The third-order valence-electron chi connectivity index (χ3n) is 3.79. The minimum absolute atomic E-state index is 0.512. The topological polar surface area (TPSA) is 12.0 Å². The van der Waals surface area contributed by atoms with Crippen LogP contribution in [-0.2, 0) is 0 Å². The summed E-state index contributed by atoms with van der Waals surface area (Å²) in [6.07, 6.45) is 7.86. The van der Waals surface area contributed by atoms with Crippen molar-refractivity contribution in [3.05, 3.63) is 0 Å². The first-order valence-corrected chi connectivity index (χ1v) is 6.85. The van der Waals surface area contributed by atoms with Crippen molar-refractivity contribution in [2.24, 2.45) is 5.41 Å². The molecule has 0 saturated carbocycles. The molecule has 0 fully saturated rings. The van der Waals surface area contributed by atoms with Crippen molar-refractivity contribution in [3.8, 4) is 0 Å². The van der Waals surface area contributed by atoms with Crippen LogP contribution in [0.25, 0.3) is 0 Å². The van der Waals surface area contributed by atoms with Gasteiger partial charge in [0.1, 0.15) is 0 Å². The highest BCUT2D eigenvalue weighted by molar-refractivity contribution is 4.77. The molecule has 0 aliphatic rings. The fourth-order valence-electron chi connectivity index (χ4n) is 1.96. The van der Waals surface area contributed by atoms with Gasteiger partial charge in [-0.15, -0.1) is 0 Å². The summed E-state index contributed by atoms with van der Waals surface area (Å²) in [6.45, 7) is 12.8. The Hall–Kier alpha value is -0.0400. The number of nitrogens with one attached hydrogen (secondary N) is 1. The highest BCUT2D eigenvalue weighted by Crippen LogP contribution is 2.27. The Kier molecular flexibility index (Phi) is 8.13. The van der Waals surface area contributed by atoms with Gasteiger partial charge in [-0.05, 0) is 31.1 Å². The lowest BCUT2D eigenvalue weighted by molar-refractivity contribution is 0.246. The minimum atomic E-state index is 0.512. The lowest BCUT2D eigenvalue weighted by atomic mass is 9.82. The SMILES string of the molecule is CCCCC(C)(CC)CNC(CC)CC. The first-order chi connectivity index (χ1) is 7.11. The molecule has 92 valence electrons. The number of hydrogen-bond acceptors (Lipinski definition) is 1. The molecule has 0 rings (SSSR count). The van der Waals surface area contributed by atoms with Gasteiger partial charge in [-0.1, -0.05) is 47.5 Å². The number of rotatable bonds is 9. The second-order valence-electron chi connectivity index (χ2n) is 5.16. The molecule has 1 heteroatoms. The molecule has 0 amide bonds. The van der Waals surface area contributed by atoms with Crippen LogP contribution in [0.5, 0.6) is 0 Å². The summed E-state index contributed by atoms with van der Waals surface area (Å²) in [7, 11) is 0. The van der Waals surface area contributed by atoms with Crippen LogP contribution in [0.3, 0.4) is 0 Å². The quantitative estimate of drug-likeness (QED) is 0.599. The van der Waals surface area contributed by atoms with Crippen molar-refractivity contribution < 1.29 is 0 Å². The van der Waals surface area contributed by atoms with Gasteiger partial charge in [-0.3, -0.25) is 0 Å². The van der Waals surface area contributed by atoms with E-state index in [9.17, 15) is 0 Å². The van der Waals surface area contributed by atoms with Crippen molar-refractivity contribution >= 4 is 0 Å². The van der Waals surface area contributed by atoms with Crippen LogP contribution >= 0.6 is 0 Å². The van der Waals surface area contributed by atoms with Gasteiger partial charge >= 0.3 is 0 Å². The molecule has 0 aromatic heterocycles. The van der Waals surface area contributed by atoms with Crippen molar-refractivity contribution in [1.29, 1.82) is 0 Å². The largest absolute Gasteiger partial charge is 0.313 e. The molecule has 0 radical (unpaired) electrons. The average Bonchev–Trinajstić information content (AvgIpc) is 2.28. The molecule has 1 atom stereocenters. The van der Waals surface area contributed by atoms with E-state index in [4.69, 9.17) is 0 Å². The van der Waals surface area contributed by atoms with Crippen LogP contribution in [0.4, 0.5) is 0 Å². The van der Waals surface area contributed by atoms with Crippen LogP contribution in [-0.4, -0.2) is 12.6 Å². The smallest absolute Gasteiger partial charge is 0.00620 e. The van der Waals surface area contributed by atoms with Crippen LogP contribution in [0.1, 0.15) is 73.1 Å². The fraction of sp³-hybridized carbons (Fsp3) is 1.00. The average molecular weight is 213 g/mol. The van der Waals surface area contributed by atoms with Gasteiger partial charge in [0, 0.05) is 12.6 Å². The number of unbranched alkanes of at least 4 members (excludes halogenated alkanes) is 1. The molecule has 0 aliphatic heterocycles. The zero-order valence-corrected chi connectivity index (χ0v) is 11.5. The maximum absolute atomic E-state index is 3.72. The lowest BCUT2D eigenvalue weighted by Gasteiger charge is -2.30. The second-order valence-corrected chi connectivity index (χ2v) is 5.16. The molecule has 1 unspecified atom stereocenters. The van der Waals surface area contributed by atoms with Gasteiger partial charge < -0.3 is 5.32 Å². The van der Waals surface area contributed by atoms with Crippen molar-refractivity contribution in [2.45, 2.75) is 79.2 Å².